The van der Waals surface area contributed by atoms with Gasteiger partial charge in [0, 0.05) is 23.8 Å². The Morgan fingerprint density at radius 1 is 0.720 bits per heavy atom. The molecule has 2 unspecified atom stereocenters. The van der Waals surface area contributed by atoms with Gasteiger partial charge in [0.25, 0.3) is 0 Å². The monoisotopic (exact) mass is 546 g/mol. The molecule has 2 atom stereocenters. The molecule has 142 valence electrons. The third-order valence-corrected chi connectivity index (χ3v) is 5.92. The first-order valence-corrected chi connectivity index (χ1v) is 9.92. The van der Waals surface area contributed by atoms with E-state index in [1.165, 1.54) is 38.5 Å². The maximum atomic E-state index is 10.7. The van der Waals surface area contributed by atoms with Crippen molar-refractivity contribution in [3.05, 3.63) is 0 Å². The van der Waals surface area contributed by atoms with Gasteiger partial charge in [-0.2, -0.15) is 0 Å². The molecule has 0 bridgehead atoms. The van der Waals surface area contributed by atoms with Gasteiger partial charge < -0.3 is 19.8 Å². The van der Waals surface area contributed by atoms with Crippen LogP contribution >= 0.6 is 0 Å². The number of hydrogen-bond acceptors (Lipinski definition) is 4. The minimum absolute atomic E-state index is 0. The Balaban J connectivity index is 0.000000443. The van der Waals surface area contributed by atoms with Gasteiger partial charge in [-0.15, -0.1) is 0 Å². The molecule has 5 heteroatoms. The van der Waals surface area contributed by atoms with E-state index in [0.29, 0.717) is 11.8 Å². The van der Waals surface area contributed by atoms with Crippen LogP contribution in [0.5, 0.6) is 0 Å². The van der Waals surface area contributed by atoms with Crippen LogP contribution < -0.4 is 10.2 Å². The summed E-state index contributed by atoms with van der Waals surface area (Å²) in [6.45, 7) is 3.88. The van der Waals surface area contributed by atoms with Crippen molar-refractivity contribution in [3.8, 4) is 0 Å². The summed E-state index contributed by atoms with van der Waals surface area (Å²) >= 11 is 0. The van der Waals surface area contributed by atoms with Crippen LogP contribution in [0.2, 0.25) is 0 Å². The number of carbonyl (C=O) groups excluding carboxylic acids is 2. The smallest absolute Gasteiger partial charge is 0.550 e. The van der Waals surface area contributed by atoms with Crippen LogP contribution in [-0.4, -0.2) is 39.2 Å². The van der Waals surface area contributed by atoms with Crippen molar-refractivity contribution in [1.29, 1.82) is 0 Å². The summed E-state index contributed by atoms with van der Waals surface area (Å²) in [6, 6.07) is 0. The van der Waals surface area contributed by atoms with Crippen molar-refractivity contribution in [2.45, 2.75) is 90.9 Å². The number of carboxylic acid groups (broad SMARTS) is 2. The third-order valence-electron chi connectivity index (χ3n) is 5.92. The second kappa shape index (κ2) is 14.0. The van der Waals surface area contributed by atoms with E-state index in [-0.39, 0.29) is 39.1 Å². The van der Waals surface area contributed by atoms with Crippen LogP contribution in [0.1, 0.15) is 90.9 Å². The van der Waals surface area contributed by atoms with E-state index in [4.69, 9.17) is 0 Å². The average molecular weight is 546 g/mol. The molecule has 2 aliphatic rings. The Morgan fingerprint density at radius 2 is 1.00 bits per heavy atom. The van der Waals surface area contributed by atoms with E-state index in [2.05, 4.69) is 0 Å². The number of aliphatic carboxylic acids is 2. The van der Waals surface area contributed by atoms with E-state index in [1.807, 2.05) is 13.8 Å². The SMILES string of the molecule is CCC(C(=O)[O-])C1CCCCC1.CCC(C(=O)[O-])C1CCCCC1.[Pb+2]. The summed E-state index contributed by atoms with van der Waals surface area (Å²) in [4.78, 5) is 21.4. The summed E-state index contributed by atoms with van der Waals surface area (Å²) in [5, 5.41) is 21.4. The zero-order valence-electron chi connectivity index (χ0n) is 15.9. The Morgan fingerprint density at radius 3 is 1.20 bits per heavy atom. The molecular weight excluding hydrogens is 511 g/mol. The minimum Gasteiger partial charge on any atom is -0.550 e. The van der Waals surface area contributed by atoms with Gasteiger partial charge in [-0.3, -0.25) is 0 Å². The Hall–Kier alpha value is -0.138. The second-order valence-corrected chi connectivity index (χ2v) is 7.46. The third kappa shape index (κ3) is 8.87. The molecule has 2 radical (unpaired) electrons. The van der Waals surface area contributed by atoms with Gasteiger partial charge in [0.2, 0.25) is 0 Å². The Bertz CT molecular complexity index is 338. The molecule has 25 heavy (non-hydrogen) atoms. The molecule has 2 rings (SSSR count). The standard InChI is InChI=1S/2C10H18O2.Pb/c2*1-2-9(10(11)12)8-6-4-3-5-7-8;/h2*8-9H,2-7H2,1H3,(H,11,12);/q;;+2/p-2. The maximum absolute atomic E-state index is 10.7. The van der Waals surface area contributed by atoms with Gasteiger partial charge in [0.15, 0.2) is 0 Å². The van der Waals surface area contributed by atoms with Crippen molar-refractivity contribution >= 4 is 39.2 Å². The summed E-state index contributed by atoms with van der Waals surface area (Å²) in [5.41, 5.74) is 0. The minimum atomic E-state index is -0.843. The van der Waals surface area contributed by atoms with Crippen LogP contribution in [0.3, 0.4) is 0 Å². The predicted molar refractivity (Wildman–Crippen MR) is 96.5 cm³/mol. The molecule has 0 saturated heterocycles. The van der Waals surface area contributed by atoms with Crippen molar-refractivity contribution in [3.63, 3.8) is 0 Å². The number of carboxylic acids is 2. The van der Waals surface area contributed by atoms with Gasteiger partial charge in [-0.25, -0.2) is 0 Å². The van der Waals surface area contributed by atoms with Crippen LogP contribution in [0.15, 0.2) is 0 Å². The Labute approximate surface area is 173 Å². The molecule has 0 aromatic rings. The zero-order valence-corrected chi connectivity index (χ0v) is 19.8. The largest absolute Gasteiger partial charge is 2.00 e. The van der Waals surface area contributed by atoms with Crippen LogP contribution in [-0.2, 0) is 9.59 Å². The number of rotatable bonds is 6. The van der Waals surface area contributed by atoms with Gasteiger partial charge in [0.05, 0.1) is 0 Å². The number of hydrogen-bond donors (Lipinski definition) is 0. The molecule has 4 nitrogen and oxygen atoms in total. The van der Waals surface area contributed by atoms with Gasteiger partial charge >= 0.3 is 27.3 Å². The van der Waals surface area contributed by atoms with Gasteiger partial charge in [-0.05, 0) is 50.4 Å². The predicted octanol–water partition coefficient (Wildman–Crippen LogP) is 2.30. The van der Waals surface area contributed by atoms with E-state index >= 15 is 0 Å². The molecule has 0 amide bonds. The summed E-state index contributed by atoms with van der Waals surface area (Å²) in [5.74, 6) is -1.27. The summed E-state index contributed by atoms with van der Waals surface area (Å²) < 4.78 is 0. The molecule has 2 aliphatic carbocycles. The normalized spacial score (nSPS) is 21.2. The molecule has 2 fully saturated rings. The molecule has 0 aromatic carbocycles. The van der Waals surface area contributed by atoms with Crippen LogP contribution in [0.4, 0.5) is 0 Å². The molecule has 0 N–H and O–H groups in total. The fourth-order valence-electron chi connectivity index (χ4n) is 4.46. The average Bonchev–Trinajstić information content (AvgIpc) is 2.58. The van der Waals surface area contributed by atoms with Crippen molar-refractivity contribution < 1.29 is 19.8 Å². The zero-order chi connectivity index (χ0) is 17.9. The second-order valence-electron chi connectivity index (χ2n) is 7.46. The van der Waals surface area contributed by atoms with Gasteiger partial charge in [-0.1, -0.05) is 52.4 Å². The fourth-order valence-corrected chi connectivity index (χ4v) is 4.46. The summed E-state index contributed by atoms with van der Waals surface area (Å²) in [6.07, 6.45) is 13.2. The molecule has 0 aromatic heterocycles. The van der Waals surface area contributed by atoms with Gasteiger partial charge in [0.1, 0.15) is 0 Å². The van der Waals surface area contributed by atoms with E-state index in [0.717, 1.165) is 38.5 Å². The van der Waals surface area contributed by atoms with Crippen molar-refractivity contribution in [2.75, 3.05) is 0 Å². The van der Waals surface area contributed by atoms with E-state index in [9.17, 15) is 19.8 Å². The summed E-state index contributed by atoms with van der Waals surface area (Å²) in [7, 11) is 0. The van der Waals surface area contributed by atoms with Crippen LogP contribution in [0.25, 0.3) is 0 Å². The quantitative estimate of drug-likeness (QED) is 0.480. The first-order valence-electron chi connectivity index (χ1n) is 9.92. The van der Waals surface area contributed by atoms with Crippen LogP contribution in [0, 0.1) is 23.7 Å². The first kappa shape index (κ1) is 24.9. The van der Waals surface area contributed by atoms with E-state index in [1.54, 1.807) is 0 Å². The molecule has 0 spiro atoms. The number of carbonyl (C=O) groups is 2. The molecule has 0 aliphatic heterocycles. The Kier molecular flexibility index (Phi) is 13.9. The molecule has 2 saturated carbocycles. The maximum Gasteiger partial charge on any atom is 2.00 e. The first-order chi connectivity index (χ1) is 11.5. The molecule has 0 heterocycles. The van der Waals surface area contributed by atoms with Crippen molar-refractivity contribution in [1.82, 2.24) is 0 Å². The molecular formula is C20H34O4Pb. The van der Waals surface area contributed by atoms with E-state index < -0.39 is 11.9 Å². The topological polar surface area (TPSA) is 80.3 Å². The fraction of sp³-hybridized carbons (Fsp3) is 0.900. The van der Waals surface area contributed by atoms with Crippen molar-refractivity contribution in [2.24, 2.45) is 23.7 Å².